The van der Waals surface area contributed by atoms with Crippen molar-refractivity contribution in [3.8, 4) is 0 Å². The van der Waals surface area contributed by atoms with E-state index in [1.165, 1.54) is 0 Å². The summed E-state index contributed by atoms with van der Waals surface area (Å²) in [4.78, 5) is 30.4. The van der Waals surface area contributed by atoms with Crippen molar-refractivity contribution in [2.75, 3.05) is 0 Å². The minimum atomic E-state index is -4.53. The largest absolute Gasteiger partial charge is 0.476 e. The fourth-order valence-electron chi connectivity index (χ4n) is 2.49. The maximum Gasteiger partial charge on any atom is 0.416 e. The van der Waals surface area contributed by atoms with E-state index in [9.17, 15) is 22.8 Å². The minimum absolute atomic E-state index is 0.114. The van der Waals surface area contributed by atoms with Crippen molar-refractivity contribution in [3.63, 3.8) is 0 Å². The van der Waals surface area contributed by atoms with Gasteiger partial charge < -0.3 is 10.4 Å². The number of hydrogen-bond donors (Lipinski definition) is 2. The maximum atomic E-state index is 12.9. The van der Waals surface area contributed by atoms with Gasteiger partial charge in [-0.25, -0.2) is 14.8 Å². The van der Waals surface area contributed by atoms with Gasteiger partial charge in [0.1, 0.15) is 5.69 Å². The molecule has 1 amide bonds. The van der Waals surface area contributed by atoms with Gasteiger partial charge in [-0.3, -0.25) is 4.79 Å². The predicted octanol–water partition coefficient (Wildman–Crippen LogP) is 3.27. The van der Waals surface area contributed by atoms with Crippen LogP contribution in [0.2, 0.25) is 5.02 Å². The highest BCUT2D eigenvalue weighted by molar-refractivity contribution is 6.31. The second-order valence-corrected chi connectivity index (χ2v) is 6.23. The first kappa shape index (κ1) is 18.1. The molecule has 0 radical (unpaired) electrons. The van der Waals surface area contributed by atoms with Gasteiger partial charge in [0.15, 0.2) is 5.69 Å². The number of hydrogen-bond acceptors (Lipinski definition) is 4. The van der Waals surface area contributed by atoms with Crippen molar-refractivity contribution in [1.82, 2.24) is 15.3 Å². The first-order valence-electron chi connectivity index (χ1n) is 7.37. The molecule has 0 saturated heterocycles. The van der Waals surface area contributed by atoms with Crippen LogP contribution in [-0.4, -0.2) is 27.0 Å². The molecule has 1 aromatic carbocycles. The normalized spacial score (nSPS) is 15.4. The van der Waals surface area contributed by atoms with E-state index in [2.05, 4.69) is 15.3 Å². The molecule has 1 aliphatic carbocycles. The predicted molar refractivity (Wildman–Crippen MR) is 83.8 cm³/mol. The Morgan fingerprint density at radius 2 is 1.77 bits per heavy atom. The van der Waals surface area contributed by atoms with Crippen LogP contribution in [0.25, 0.3) is 0 Å². The van der Waals surface area contributed by atoms with Gasteiger partial charge in [0.05, 0.1) is 23.5 Å². The van der Waals surface area contributed by atoms with Crippen LogP contribution in [0.15, 0.2) is 30.6 Å². The summed E-state index contributed by atoms with van der Waals surface area (Å²) in [6.45, 7) is 0. The van der Waals surface area contributed by atoms with Crippen molar-refractivity contribution in [1.29, 1.82) is 0 Å². The van der Waals surface area contributed by atoms with Crippen LogP contribution < -0.4 is 5.32 Å². The molecule has 1 aromatic heterocycles. The molecule has 2 aromatic rings. The van der Waals surface area contributed by atoms with E-state index < -0.39 is 29.2 Å². The Labute approximate surface area is 150 Å². The molecular formula is C16H11ClF3N3O3. The third kappa shape index (κ3) is 3.48. The number of nitrogens with zero attached hydrogens (tertiary/aromatic N) is 2. The van der Waals surface area contributed by atoms with E-state index in [-0.39, 0.29) is 22.0 Å². The second kappa shape index (κ2) is 6.24. The Morgan fingerprint density at radius 3 is 2.27 bits per heavy atom. The average Bonchev–Trinajstić information content (AvgIpc) is 3.34. The van der Waals surface area contributed by atoms with Crippen LogP contribution >= 0.6 is 11.6 Å². The second-order valence-electron chi connectivity index (χ2n) is 5.82. The number of carbonyl (C=O) groups is 2. The molecule has 1 aliphatic rings. The maximum absolute atomic E-state index is 12.9. The van der Waals surface area contributed by atoms with Crippen LogP contribution in [0.3, 0.4) is 0 Å². The summed E-state index contributed by atoms with van der Waals surface area (Å²) in [6.07, 6.45) is -1.78. The van der Waals surface area contributed by atoms with Crippen molar-refractivity contribution in [2.24, 2.45) is 0 Å². The Bertz CT molecular complexity index is 881. The number of carboxylic acid groups (broad SMARTS) is 1. The summed E-state index contributed by atoms with van der Waals surface area (Å²) in [5, 5.41) is 11.5. The van der Waals surface area contributed by atoms with Crippen LogP contribution in [0.5, 0.6) is 0 Å². The minimum Gasteiger partial charge on any atom is -0.476 e. The monoisotopic (exact) mass is 385 g/mol. The molecule has 3 rings (SSSR count). The van der Waals surface area contributed by atoms with E-state index in [1.54, 1.807) is 0 Å². The van der Waals surface area contributed by atoms with E-state index >= 15 is 0 Å². The van der Waals surface area contributed by atoms with Crippen molar-refractivity contribution in [2.45, 2.75) is 24.6 Å². The van der Waals surface area contributed by atoms with Gasteiger partial charge in [-0.2, -0.15) is 13.2 Å². The number of carboxylic acids is 1. The Hall–Kier alpha value is -2.68. The van der Waals surface area contributed by atoms with Crippen LogP contribution in [0, 0.1) is 0 Å². The summed E-state index contributed by atoms with van der Waals surface area (Å²) in [5.74, 6) is -1.97. The fraction of sp³-hybridized carbons (Fsp3) is 0.250. The van der Waals surface area contributed by atoms with E-state index in [4.69, 9.17) is 16.7 Å². The molecule has 6 nitrogen and oxygen atoms in total. The lowest BCUT2D eigenvalue weighted by atomic mass is 10.0. The quantitative estimate of drug-likeness (QED) is 0.842. The van der Waals surface area contributed by atoms with Crippen LogP contribution in [0.4, 0.5) is 13.2 Å². The fourth-order valence-corrected chi connectivity index (χ4v) is 2.79. The molecule has 26 heavy (non-hydrogen) atoms. The Balaban J connectivity index is 1.86. The summed E-state index contributed by atoms with van der Waals surface area (Å²) >= 11 is 6.04. The molecule has 0 atom stereocenters. The number of aromatic carboxylic acids is 1. The highest BCUT2D eigenvalue weighted by atomic mass is 35.5. The lowest BCUT2D eigenvalue weighted by molar-refractivity contribution is -0.137. The number of halogens is 4. The lowest BCUT2D eigenvalue weighted by Crippen LogP contribution is -2.36. The first-order valence-corrected chi connectivity index (χ1v) is 7.75. The number of alkyl halides is 3. The molecule has 1 heterocycles. The van der Waals surface area contributed by atoms with E-state index in [1.807, 2.05) is 0 Å². The number of nitrogens with one attached hydrogen (secondary N) is 1. The summed E-state index contributed by atoms with van der Waals surface area (Å²) < 4.78 is 38.8. The third-order valence-corrected chi connectivity index (χ3v) is 4.35. The SMILES string of the molecule is O=C(O)c1cnc(C(=O)NC2(c3cc(C(F)(F)F)ccc3Cl)CC2)cn1. The highest BCUT2D eigenvalue weighted by Crippen LogP contribution is 2.49. The smallest absolute Gasteiger partial charge is 0.416 e. The van der Waals surface area contributed by atoms with Crippen LogP contribution in [-0.2, 0) is 11.7 Å². The molecule has 0 aliphatic heterocycles. The summed E-state index contributed by atoms with van der Waals surface area (Å²) in [7, 11) is 0. The Morgan fingerprint density at radius 1 is 1.15 bits per heavy atom. The topological polar surface area (TPSA) is 92.2 Å². The zero-order chi connectivity index (χ0) is 19.1. The molecule has 10 heteroatoms. The molecule has 0 spiro atoms. The average molecular weight is 386 g/mol. The third-order valence-electron chi connectivity index (χ3n) is 4.02. The van der Waals surface area contributed by atoms with Crippen molar-refractivity contribution < 1.29 is 27.9 Å². The van der Waals surface area contributed by atoms with Crippen LogP contribution in [0.1, 0.15) is 44.9 Å². The first-order chi connectivity index (χ1) is 12.1. The van der Waals surface area contributed by atoms with Gasteiger partial charge in [-0.1, -0.05) is 11.6 Å². The highest BCUT2D eigenvalue weighted by Gasteiger charge is 2.48. The lowest BCUT2D eigenvalue weighted by Gasteiger charge is -2.20. The van der Waals surface area contributed by atoms with E-state index in [0.717, 1.165) is 30.6 Å². The van der Waals surface area contributed by atoms with Crippen molar-refractivity contribution in [3.05, 3.63) is 58.1 Å². The zero-order valence-corrected chi connectivity index (χ0v) is 13.7. The zero-order valence-electron chi connectivity index (χ0n) is 13.0. The number of carbonyl (C=O) groups excluding carboxylic acids is 1. The molecule has 2 N–H and O–H groups in total. The van der Waals surface area contributed by atoms with E-state index in [0.29, 0.717) is 12.8 Å². The number of amides is 1. The molecule has 0 unspecified atom stereocenters. The van der Waals surface area contributed by atoms with Crippen molar-refractivity contribution >= 4 is 23.5 Å². The molecule has 1 fully saturated rings. The molecule has 1 saturated carbocycles. The number of rotatable bonds is 4. The van der Waals surface area contributed by atoms with Gasteiger partial charge in [-0.15, -0.1) is 0 Å². The number of benzene rings is 1. The van der Waals surface area contributed by atoms with Gasteiger partial charge in [0, 0.05) is 5.02 Å². The molecular weight excluding hydrogens is 375 g/mol. The standard InChI is InChI=1S/C16H11ClF3N3O3/c17-10-2-1-8(16(18,19)20)5-9(10)15(3-4-15)23-13(24)11-6-22-12(7-21-11)14(25)26/h1-2,5-7H,3-4H2,(H,23,24)(H,25,26). The molecule has 136 valence electrons. The van der Waals surface area contributed by atoms with Gasteiger partial charge >= 0.3 is 12.1 Å². The van der Waals surface area contributed by atoms with Gasteiger partial charge in [0.2, 0.25) is 0 Å². The summed E-state index contributed by atoms with van der Waals surface area (Å²) in [6, 6.07) is 2.95. The molecule has 0 bridgehead atoms. The van der Waals surface area contributed by atoms with Gasteiger partial charge in [-0.05, 0) is 36.6 Å². The van der Waals surface area contributed by atoms with Gasteiger partial charge in [0.25, 0.3) is 5.91 Å². The number of aromatic nitrogens is 2. The Kier molecular flexibility index (Phi) is 4.35. The summed E-state index contributed by atoms with van der Waals surface area (Å²) in [5.41, 5.74) is -2.17.